The summed E-state index contributed by atoms with van der Waals surface area (Å²) in [4.78, 5) is 27.4. The molecule has 0 saturated carbocycles. The van der Waals surface area contributed by atoms with Crippen molar-refractivity contribution in [1.82, 2.24) is 4.98 Å². The van der Waals surface area contributed by atoms with Gasteiger partial charge in [0.2, 0.25) is 10.9 Å². The number of thiazole rings is 1. The van der Waals surface area contributed by atoms with E-state index in [1.54, 1.807) is 19.9 Å². The number of methoxy groups -OCH3 is 1. The number of carbonyl (C=O) groups excluding carboxylic acids is 1. The summed E-state index contributed by atoms with van der Waals surface area (Å²) in [6.45, 7) is 6.06. The van der Waals surface area contributed by atoms with Crippen molar-refractivity contribution in [3.05, 3.63) is 38.4 Å². The van der Waals surface area contributed by atoms with Crippen LogP contribution in [0.1, 0.15) is 47.6 Å². The molecule has 0 atom stereocenters. The van der Waals surface area contributed by atoms with Gasteiger partial charge in [-0.3, -0.25) is 15.5 Å². The Morgan fingerprint density at radius 3 is 2.80 bits per heavy atom. The Morgan fingerprint density at radius 1 is 1.40 bits per heavy atom. The Kier molecular flexibility index (Phi) is 8.54. The van der Waals surface area contributed by atoms with Crippen LogP contribution in [0.2, 0.25) is 0 Å². The maximum absolute atomic E-state index is 11.9. The topological polar surface area (TPSA) is 125 Å². The molecule has 0 aliphatic heterocycles. The molecule has 2 rings (SSSR count). The molecule has 10 nitrogen and oxygen atoms in total. The van der Waals surface area contributed by atoms with Crippen molar-refractivity contribution in [3.63, 3.8) is 0 Å². The molecule has 1 N–H and O–H groups in total. The van der Waals surface area contributed by atoms with Crippen LogP contribution in [0.5, 0.6) is 11.5 Å². The first-order valence-corrected chi connectivity index (χ1v) is 10.2. The zero-order valence-electron chi connectivity index (χ0n) is 17.3. The lowest BCUT2D eigenvalue weighted by atomic mass is 10.2. The van der Waals surface area contributed by atoms with E-state index in [1.807, 2.05) is 6.92 Å². The zero-order chi connectivity index (χ0) is 22.1. The van der Waals surface area contributed by atoms with Crippen molar-refractivity contribution in [2.75, 3.05) is 25.7 Å². The van der Waals surface area contributed by atoms with Crippen LogP contribution in [-0.2, 0) is 4.74 Å². The van der Waals surface area contributed by atoms with E-state index in [-0.39, 0.29) is 23.8 Å². The van der Waals surface area contributed by atoms with E-state index in [9.17, 15) is 14.9 Å². The number of nitro groups is 1. The SMILES string of the molecule is CCCCOc1c(OC)cc(/C=N\Nc2nc(C)c(C(=O)OCC)s2)cc1[N+](=O)[O-]. The van der Waals surface area contributed by atoms with E-state index in [0.717, 1.165) is 24.2 Å². The van der Waals surface area contributed by atoms with Gasteiger partial charge in [-0.1, -0.05) is 24.7 Å². The minimum atomic E-state index is -0.523. The Bertz CT molecular complexity index is 928. The lowest BCUT2D eigenvalue weighted by Crippen LogP contribution is -2.03. The number of carbonyl (C=O) groups is 1. The zero-order valence-corrected chi connectivity index (χ0v) is 18.1. The average Bonchev–Trinajstić information content (AvgIpc) is 3.09. The van der Waals surface area contributed by atoms with Gasteiger partial charge in [0, 0.05) is 11.6 Å². The fraction of sp³-hybridized carbons (Fsp3) is 0.421. The third kappa shape index (κ3) is 5.89. The molecular formula is C19H24N4O6S. The minimum Gasteiger partial charge on any atom is -0.493 e. The number of nitrogens with one attached hydrogen (secondary N) is 1. The first-order valence-electron chi connectivity index (χ1n) is 9.34. The molecule has 0 saturated heterocycles. The van der Waals surface area contributed by atoms with Gasteiger partial charge in [-0.2, -0.15) is 5.10 Å². The van der Waals surface area contributed by atoms with Crippen molar-refractivity contribution in [1.29, 1.82) is 0 Å². The Hall–Kier alpha value is -3.21. The summed E-state index contributed by atoms with van der Waals surface area (Å²) < 4.78 is 15.8. The molecule has 0 radical (unpaired) electrons. The van der Waals surface area contributed by atoms with E-state index >= 15 is 0 Å². The van der Waals surface area contributed by atoms with Gasteiger partial charge in [0.25, 0.3) is 0 Å². The van der Waals surface area contributed by atoms with Crippen molar-refractivity contribution < 1.29 is 23.9 Å². The van der Waals surface area contributed by atoms with Gasteiger partial charge in [-0.05, 0) is 26.3 Å². The fourth-order valence-electron chi connectivity index (χ4n) is 2.43. The van der Waals surface area contributed by atoms with Crippen LogP contribution in [0.25, 0.3) is 0 Å². The van der Waals surface area contributed by atoms with Crippen molar-refractivity contribution >= 4 is 34.3 Å². The molecule has 0 unspecified atom stereocenters. The second-order valence-electron chi connectivity index (χ2n) is 6.05. The number of benzene rings is 1. The number of ether oxygens (including phenoxy) is 3. The first kappa shape index (κ1) is 23.1. The number of hydrazone groups is 1. The first-order chi connectivity index (χ1) is 14.4. The second-order valence-corrected chi connectivity index (χ2v) is 7.05. The minimum absolute atomic E-state index is 0.0932. The molecule has 30 heavy (non-hydrogen) atoms. The van der Waals surface area contributed by atoms with E-state index in [1.165, 1.54) is 19.4 Å². The molecule has 0 aliphatic rings. The van der Waals surface area contributed by atoms with Gasteiger partial charge in [-0.15, -0.1) is 0 Å². The van der Waals surface area contributed by atoms with E-state index in [4.69, 9.17) is 14.2 Å². The van der Waals surface area contributed by atoms with Crippen molar-refractivity contribution in [3.8, 4) is 11.5 Å². The van der Waals surface area contributed by atoms with Gasteiger partial charge in [0.15, 0.2) is 5.75 Å². The maximum atomic E-state index is 11.9. The van der Waals surface area contributed by atoms with Crippen LogP contribution in [0, 0.1) is 17.0 Å². The lowest BCUT2D eigenvalue weighted by molar-refractivity contribution is -0.386. The molecule has 0 aliphatic carbocycles. The molecule has 0 bridgehead atoms. The highest BCUT2D eigenvalue weighted by molar-refractivity contribution is 7.17. The molecule has 1 aromatic heterocycles. The molecule has 2 aromatic rings. The number of rotatable bonds is 11. The molecule has 0 amide bonds. The number of anilines is 1. The van der Waals surface area contributed by atoms with Crippen molar-refractivity contribution in [2.45, 2.75) is 33.6 Å². The molecule has 11 heteroatoms. The fourth-order valence-corrected chi connectivity index (χ4v) is 3.24. The number of nitro benzene ring substituents is 1. The van der Waals surface area contributed by atoms with Gasteiger partial charge < -0.3 is 14.2 Å². The monoisotopic (exact) mass is 436 g/mol. The normalized spacial score (nSPS) is 10.8. The van der Waals surface area contributed by atoms with Crippen molar-refractivity contribution in [2.24, 2.45) is 5.10 Å². The highest BCUT2D eigenvalue weighted by Crippen LogP contribution is 2.38. The lowest BCUT2D eigenvalue weighted by Gasteiger charge is -2.11. The molecule has 1 heterocycles. The Balaban J connectivity index is 2.20. The van der Waals surface area contributed by atoms with E-state index in [0.29, 0.717) is 27.9 Å². The Morgan fingerprint density at radius 2 is 2.17 bits per heavy atom. The van der Waals surface area contributed by atoms with Gasteiger partial charge >= 0.3 is 11.7 Å². The number of hydrogen-bond donors (Lipinski definition) is 1. The van der Waals surface area contributed by atoms with Crippen LogP contribution >= 0.6 is 11.3 Å². The standard InChI is InChI=1S/C19H24N4O6S/c1-5-7-8-29-16-14(23(25)26)9-13(10-15(16)27-4)11-20-22-19-21-12(3)17(30-19)18(24)28-6-2/h9-11H,5-8H2,1-4H3,(H,21,22)/b20-11-. The third-order valence-corrected chi connectivity index (χ3v) is 4.89. The number of esters is 1. The number of aromatic nitrogens is 1. The number of unbranched alkanes of at least 4 members (excludes halogenated alkanes) is 1. The van der Waals surface area contributed by atoms with Crippen LogP contribution < -0.4 is 14.9 Å². The predicted octanol–water partition coefficient (Wildman–Crippen LogP) is 4.17. The van der Waals surface area contributed by atoms with Crippen LogP contribution in [0.4, 0.5) is 10.8 Å². The number of hydrogen-bond acceptors (Lipinski definition) is 10. The van der Waals surface area contributed by atoms with Crippen LogP contribution in [0.15, 0.2) is 17.2 Å². The summed E-state index contributed by atoms with van der Waals surface area (Å²) in [5.74, 6) is -0.101. The molecule has 0 spiro atoms. The van der Waals surface area contributed by atoms with E-state index in [2.05, 4.69) is 15.5 Å². The summed E-state index contributed by atoms with van der Waals surface area (Å²) in [5, 5.41) is 15.9. The molecular weight excluding hydrogens is 412 g/mol. The van der Waals surface area contributed by atoms with Crippen LogP contribution in [0.3, 0.4) is 0 Å². The summed E-state index contributed by atoms with van der Waals surface area (Å²) in [5.41, 5.74) is 3.48. The number of nitrogens with zero attached hydrogens (tertiary/aromatic N) is 3. The summed E-state index contributed by atoms with van der Waals surface area (Å²) in [7, 11) is 1.42. The summed E-state index contributed by atoms with van der Waals surface area (Å²) >= 11 is 1.11. The second kappa shape index (κ2) is 11.1. The smallest absolute Gasteiger partial charge is 0.350 e. The Labute approximate surface area is 178 Å². The highest BCUT2D eigenvalue weighted by Gasteiger charge is 2.22. The summed E-state index contributed by atoms with van der Waals surface area (Å²) in [6, 6.07) is 2.95. The largest absolute Gasteiger partial charge is 0.493 e. The van der Waals surface area contributed by atoms with Crippen LogP contribution in [-0.4, -0.2) is 42.4 Å². The van der Waals surface area contributed by atoms with Gasteiger partial charge in [0.1, 0.15) is 4.88 Å². The number of aryl methyl sites for hydroxylation is 1. The molecule has 162 valence electrons. The third-order valence-electron chi connectivity index (χ3n) is 3.85. The molecule has 0 fully saturated rings. The predicted molar refractivity (Wildman–Crippen MR) is 114 cm³/mol. The maximum Gasteiger partial charge on any atom is 0.350 e. The van der Waals surface area contributed by atoms with Gasteiger partial charge in [0.05, 0.1) is 37.2 Å². The molecule has 1 aromatic carbocycles. The van der Waals surface area contributed by atoms with E-state index < -0.39 is 10.9 Å². The highest BCUT2D eigenvalue weighted by atomic mass is 32.1. The average molecular weight is 436 g/mol. The quantitative estimate of drug-likeness (QED) is 0.183. The summed E-state index contributed by atoms with van der Waals surface area (Å²) in [6.07, 6.45) is 3.07. The van der Waals surface area contributed by atoms with Gasteiger partial charge in [-0.25, -0.2) is 9.78 Å².